The zero-order chi connectivity index (χ0) is 12.1. The number of rotatable bonds is 5. The van der Waals surface area contributed by atoms with Gasteiger partial charge in [0.25, 0.3) is 0 Å². The summed E-state index contributed by atoms with van der Waals surface area (Å²) in [5, 5.41) is 4.10. The summed E-state index contributed by atoms with van der Waals surface area (Å²) in [5.74, 6) is 1.93. The van der Waals surface area contributed by atoms with Gasteiger partial charge in [0.1, 0.15) is 6.61 Å². The summed E-state index contributed by atoms with van der Waals surface area (Å²) in [7, 11) is 1.63. The Morgan fingerprint density at radius 2 is 2.06 bits per heavy atom. The van der Waals surface area contributed by atoms with Crippen LogP contribution in [0, 0.1) is 0 Å². The van der Waals surface area contributed by atoms with Crippen molar-refractivity contribution in [2.45, 2.75) is 12.5 Å². The molecule has 2 aromatic rings. The molecule has 4 heteroatoms. The molecule has 0 bridgehead atoms. The molecule has 0 amide bonds. The first-order valence-electron chi connectivity index (χ1n) is 5.20. The van der Waals surface area contributed by atoms with Gasteiger partial charge in [0.2, 0.25) is 0 Å². The van der Waals surface area contributed by atoms with Crippen LogP contribution in [-0.2, 0) is 12.5 Å². The molecule has 0 fully saturated rings. The van der Waals surface area contributed by atoms with Crippen LogP contribution in [0.5, 0.6) is 11.5 Å². The molecule has 0 aliphatic rings. The molecule has 0 atom stereocenters. The largest absolute Gasteiger partial charge is 0.493 e. The molecule has 0 aliphatic heterocycles. The summed E-state index contributed by atoms with van der Waals surface area (Å²) in [6, 6.07) is 7.77. The summed E-state index contributed by atoms with van der Waals surface area (Å²) in [5.41, 5.74) is 2.18. The molecule has 0 spiro atoms. The minimum absolute atomic E-state index is 0.471. The lowest BCUT2D eigenvalue weighted by atomic mass is 10.2. The van der Waals surface area contributed by atoms with Crippen LogP contribution in [0.2, 0.25) is 0 Å². The van der Waals surface area contributed by atoms with E-state index in [0.29, 0.717) is 12.5 Å². The van der Waals surface area contributed by atoms with Gasteiger partial charge >= 0.3 is 0 Å². The second-order valence-corrected chi connectivity index (χ2v) is 4.59. The molecule has 1 aromatic heterocycles. The second kappa shape index (κ2) is 5.94. The van der Waals surface area contributed by atoms with Gasteiger partial charge in [-0.2, -0.15) is 11.3 Å². The number of alkyl halides is 1. The quantitative estimate of drug-likeness (QED) is 0.761. The van der Waals surface area contributed by atoms with Crippen LogP contribution >= 0.6 is 22.9 Å². The molecular formula is C13H13ClO2S. The molecule has 0 N–H and O–H groups in total. The number of halogens is 1. The van der Waals surface area contributed by atoms with Crippen molar-refractivity contribution < 1.29 is 9.47 Å². The third-order valence-corrected chi connectivity index (χ3v) is 3.40. The topological polar surface area (TPSA) is 18.5 Å². The van der Waals surface area contributed by atoms with E-state index in [1.807, 2.05) is 29.6 Å². The minimum Gasteiger partial charge on any atom is -0.493 e. The second-order valence-electron chi connectivity index (χ2n) is 3.54. The van der Waals surface area contributed by atoms with E-state index in [1.165, 1.54) is 0 Å². The maximum absolute atomic E-state index is 5.80. The lowest BCUT2D eigenvalue weighted by Crippen LogP contribution is -1.97. The third kappa shape index (κ3) is 3.14. The molecule has 2 rings (SSSR count). The number of hydrogen-bond acceptors (Lipinski definition) is 3. The first-order chi connectivity index (χ1) is 8.33. The Kier molecular flexibility index (Phi) is 4.29. The van der Waals surface area contributed by atoms with Gasteiger partial charge in [-0.1, -0.05) is 6.07 Å². The molecule has 0 saturated heterocycles. The van der Waals surface area contributed by atoms with Crippen molar-refractivity contribution in [2.75, 3.05) is 7.11 Å². The van der Waals surface area contributed by atoms with Crippen LogP contribution in [0.25, 0.3) is 0 Å². The molecule has 0 unspecified atom stereocenters. The summed E-state index contributed by atoms with van der Waals surface area (Å²) in [6.07, 6.45) is 0. The Hall–Kier alpha value is -1.19. The average molecular weight is 269 g/mol. The minimum atomic E-state index is 0.471. The fourth-order valence-corrected chi connectivity index (χ4v) is 2.27. The van der Waals surface area contributed by atoms with Gasteiger partial charge in [0, 0.05) is 5.88 Å². The van der Waals surface area contributed by atoms with Crippen molar-refractivity contribution in [1.82, 2.24) is 0 Å². The normalized spacial score (nSPS) is 10.2. The van der Waals surface area contributed by atoms with Crippen LogP contribution in [0.1, 0.15) is 11.1 Å². The molecule has 2 nitrogen and oxygen atoms in total. The fourth-order valence-electron chi connectivity index (χ4n) is 1.45. The lowest BCUT2D eigenvalue weighted by Gasteiger charge is -2.11. The highest BCUT2D eigenvalue weighted by Crippen LogP contribution is 2.29. The number of hydrogen-bond donors (Lipinski definition) is 0. The highest BCUT2D eigenvalue weighted by molar-refractivity contribution is 7.07. The summed E-state index contributed by atoms with van der Waals surface area (Å²) in [4.78, 5) is 0. The predicted molar refractivity (Wildman–Crippen MR) is 71.2 cm³/mol. The van der Waals surface area contributed by atoms with E-state index in [1.54, 1.807) is 18.4 Å². The van der Waals surface area contributed by atoms with E-state index in [9.17, 15) is 0 Å². The zero-order valence-corrected chi connectivity index (χ0v) is 11.1. The van der Waals surface area contributed by atoms with E-state index in [0.717, 1.165) is 22.6 Å². The molecular weight excluding hydrogens is 256 g/mol. The van der Waals surface area contributed by atoms with Gasteiger partial charge in [-0.25, -0.2) is 0 Å². The summed E-state index contributed by atoms with van der Waals surface area (Å²) in [6.45, 7) is 0.547. The molecule has 0 aliphatic carbocycles. The zero-order valence-electron chi connectivity index (χ0n) is 9.48. The summed E-state index contributed by atoms with van der Waals surface area (Å²) < 4.78 is 11.0. The van der Waals surface area contributed by atoms with Gasteiger partial charge < -0.3 is 9.47 Å². The van der Waals surface area contributed by atoms with Crippen LogP contribution in [0.3, 0.4) is 0 Å². The monoisotopic (exact) mass is 268 g/mol. The van der Waals surface area contributed by atoms with Crippen molar-refractivity contribution in [2.24, 2.45) is 0 Å². The number of thiophene rings is 1. The summed E-state index contributed by atoms with van der Waals surface area (Å²) >= 11 is 7.46. The Labute approximate surface area is 110 Å². The van der Waals surface area contributed by atoms with E-state index in [2.05, 4.69) is 5.38 Å². The first kappa shape index (κ1) is 12.3. The Balaban J connectivity index is 2.12. The molecule has 1 heterocycles. The average Bonchev–Trinajstić information content (AvgIpc) is 2.89. The fraction of sp³-hybridized carbons (Fsp3) is 0.231. The molecule has 90 valence electrons. The SMILES string of the molecule is COc1ccc(CCl)cc1OCc1ccsc1. The predicted octanol–water partition coefficient (Wildman–Crippen LogP) is 4.07. The molecule has 17 heavy (non-hydrogen) atoms. The standard InChI is InChI=1S/C13H13ClO2S/c1-15-12-3-2-10(7-14)6-13(12)16-8-11-4-5-17-9-11/h2-6,9H,7-8H2,1H3. The van der Waals surface area contributed by atoms with Crippen LogP contribution in [0.15, 0.2) is 35.0 Å². The van der Waals surface area contributed by atoms with Crippen molar-refractivity contribution in [3.8, 4) is 11.5 Å². The van der Waals surface area contributed by atoms with E-state index >= 15 is 0 Å². The van der Waals surface area contributed by atoms with Crippen LogP contribution in [0.4, 0.5) is 0 Å². The Morgan fingerprint density at radius 1 is 1.18 bits per heavy atom. The Bertz CT molecular complexity index is 468. The smallest absolute Gasteiger partial charge is 0.161 e. The number of benzene rings is 1. The van der Waals surface area contributed by atoms with Crippen LogP contribution < -0.4 is 9.47 Å². The highest BCUT2D eigenvalue weighted by atomic mass is 35.5. The van der Waals surface area contributed by atoms with Gasteiger partial charge in [-0.05, 0) is 40.1 Å². The van der Waals surface area contributed by atoms with Gasteiger partial charge in [-0.3, -0.25) is 0 Å². The third-order valence-electron chi connectivity index (χ3n) is 2.36. The van der Waals surface area contributed by atoms with Crippen molar-refractivity contribution in [3.63, 3.8) is 0 Å². The molecule has 0 saturated carbocycles. The number of methoxy groups -OCH3 is 1. The maximum Gasteiger partial charge on any atom is 0.161 e. The van der Waals surface area contributed by atoms with Crippen molar-refractivity contribution in [3.05, 3.63) is 46.2 Å². The molecule has 0 radical (unpaired) electrons. The van der Waals surface area contributed by atoms with Crippen molar-refractivity contribution >= 4 is 22.9 Å². The maximum atomic E-state index is 5.80. The van der Waals surface area contributed by atoms with E-state index in [-0.39, 0.29) is 0 Å². The Morgan fingerprint density at radius 3 is 2.71 bits per heavy atom. The first-order valence-corrected chi connectivity index (χ1v) is 6.68. The lowest BCUT2D eigenvalue weighted by molar-refractivity contribution is 0.284. The highest BCUT2D eigenvalue weighted by Gasteiger charge is 2.06. The van der Waals surface area contributed by atoms with E-state index in [4.69, 9.17) is 21.1 Å². The van der Waals surface area contributed by atoms with Gasteiger partial charge in [-0.15, -0.1) is 11.6 Å². The van der Waals surface area contributed by atoms with Crippen molar-refractivity contribution in [1.29, 1.82) is 0 Å². The van der Waals surface area contributed by atoms with E-state index < -0.39 is 0 Å². The van der Waals surface area contributed by atoms with Gasteiger partial charge in [0.15, 0.2) is 11.5 Å². The van der Waals surface area contributed by atoms with Crippen LogP contribution in [-0.4, -0.2) is 7.11 Å². The number of ether oxygens (including phenoxy) is 2. The molecule has 1 aromatic carbocycles. The van der Waals surface area contributed by atoms with Gasteiger partial charge in [0.05, 0.1) is 7.11 Å².